The monoisotopic (exact) mass is 362 g/mol. The third-order valence-electron chi connectivity index (χ3n) is 4.26. The van der Waals surface area contributed by atoms with E-state index in [1.807, 2.05) is 0 Å². The molecule has 124 valence electrons. The second-order valence-corrected chi connectivity index (χ2v) is 12.6. The molecule has 6 heteroatoms. The quantitative estimate of drug-likeness (QED) is 0.608. The third kappa shape index (κ3) is 3.44. The average Bonchev–Trinajstić information content (AvgIpc) is 2.36. The van der Waals surface area contributed by atoms with Crippen LogP contribution < -0.4 is 4.43 Å². The maximum Gasteiger partial charge on any atom is 0.338 e. The lowest BCUT2D eigenvalue weighted by Crippen LogP contribution is -2.50. The van der Waals surface area contributed by atoms with Crippen LogP contribution in [0.3, 0.4) is 0 Å². The Morgan fingerprint density at radius 2 is 1.50 bits per heavy atom. The fourth-order valence-corrected chi connectivity index (χ4v) is 9.25. The summed E-state index contributed by atoms with van der Waals surface area (Å²) in [5, 5.41) is 9.49. The van der Waals surface area contributed by atoms with E-state index in [1.54, 1.807) is 6.07 Å². The predicted molar refractivity (Wildman–Crippen MR) is 95.1 cm³/mol. The Labute approximate surface area is 143 Å². The van der Waals surface area contributed by atoms with Gasteiger partial charge < -0.3 is 9.53 Å². The Bertz CT molecular complexity index is 535. The van der Waals surface area contributed by atoms with Gasteiger partial charge in [0.05, 0.1) is 10.0 Å². The summed E-state index contributed by atoms with van der Waals surface area (Å²) >= 11 is 12.2. The first-order valence-corrected chi connectivity index (χ1v) is 10.4. The Kier molecular flexibility index (Phi) is 6.36. The van der Waals surface area contributed by atoms with E-state index in [2.05, 4.69) is 41.5 Å². The zero-order valence-electron chi connectivity index (χ0n) is 13.9. The number of benzene rings is 1. The minimum atomic E-state index is -2.20. The van der Waals surface area contributed by atoms with Gasteiger partial charge in [0.25, 0.3) is 8.32 Å². The van der Waals surface area contributed by atoms with E-state index in [-0.39, 0.29) is 15.6 Å². The van der Waals surface area contributed by atoms with Gasteiger partial charge in [-0.25, -0.2) is 4.79 Å². The molecule has 0 unspecified atom stereocenters. The molecule has 0 amide bonds. The van der Waals surface area contributed by atoms with Crippen molar-refractivity contribution < 1.29 is 14.3 Å². The maximum absolute atomic E-state index is 11.3. The Morgan fingerprint density at radius 1 is 1.05 bits per heavy atom. The van der Waals surface area contributed by atoms with Crippen LogP contribution in [0.5, 0.6) is 5.75 Å². The van der Waals surface area contributed by atoms with Crippen LogP contribution in [-0.4, -0.2) is 19.4 Å². The third-order valence-corrected chi connectivity index (χ3v) is 10.9. The molecular weight excluding hydrogens is 339 g/mol. The molecule has 0 heterocycles. The summed E-state index contributed by atoms with van der Waals surface area (Å²) in [6.07, 6.45) is 0. The molecule has 22 heavy (non-hydrogen) atoms. The maximum atomic E-state index is 11.3. The number of carbonyl (C=O) groups is 1. The first-order chi connectivity index (χ1) is 10.1. The van der Waals surface area contributed by atoms with Crippen LogP contribution >= 0.6 is 23.2 Å². The van der Waals surface area contributed by atoms with Crippen LogP contribution in [0.25, 0.3) is 0 Å². The highest BCUT2D eigenvalue weighted by Crippen LogP contribution is 2.45. The second kappa shape index (κ2) is 7.24. The summed E-state index contributed by atoms with van der Waals surface area (Å²) in [5.74, 6) is -0.724. The van der Waals surface area contributed by atoms with Gasteiger partial charge in [-0.05, 0) is 28.8 Å². The van der Waals surface area contributed by atoms with Crippen molar-refractivity contribution in [3.05, 3.63) is 27.7 Å². The van der Waals surface area contributed by atoms with Crippen LogP contribution in [0.2, 0.25) is 26.7 Å². The van der Waals surface area contributed by atoms with E-state index < -0.39 is 14.3 Å². The molecule has 0 aliphatic rings. The van der Waals surface area contributed by atoms with Gasteiger partial charge in [-0.1, -0.05) is 64.7 Å². The molecule has 0 radical (unpaired) electrons. The highest BCUT2D eigenvalue weighted by Gasteiger charge is 2.47. The molecule has 1 aromatic carbocycles. The predicted octanol–water partition coefficient (Wildman–Crippen LogP) is 6.25. The van der Waals surface area contributed by atoms with Crippen LogP contribution in [0.1, 0.15) is 51.9 Å². The minimum Gasteiger partial charge on any atom is -0.542 e. The van der Waals surface area contributed by atoms with Crippen molar-refractivity contribution in [3.63, 3.8) is 0 Å². The lowest BCUT2D eigenvalue weighted by atomic mass is 10.2. The molecule has 1 aromatic rings. The first kappa shape index (κ1) is 19.3. The molecule has 0 spiro atoms. The van der Waals surface area contributed by atoms with Crippen LogP contribution in [-0.2, 0) is 0 Å². The van der Waals surface area contributed by atoms with E-state index in [0.717, 1.165) is 0 Å². The molecular formula is C16H24Cl2O3Si. The summed E-state index contributed by atoms with van der Waals surface area (Å²) in [7, 11) is -2.20. The van der Waals surface area contributed by atoms with Gasteiger partial charge in [0.2, 0.25) is 0 Å². The first-order valence-electron chi connectivity index (χ1n) is 7.45. The number of halogens is 2. The van der Waals surface area contributed by atoms with Crippen molar-refractivity contribution in [3.8, 4) is 5.75 Å². The summed E-state index contributed by atoms with van der Waals surface area (Å²) in [6, 6.07) is 3.21. The fourth-order valence-electron chi connectivity index (χ4n) is 3.35. The Balaban J connectivity index is 3.43. The Hall–Kier alpha value is -0.713. The van der Waals surface area contributed by atoms with Crippen LogP contribution in [0.4, 0.5) is 0 Å². The summed E-state index contributed by atoms with van der Waals surface area (Å²) < 4.78 is 6.45. The molecule has 0 aromatic heterocycles. The lowest BCUT2D eigenvalue weighted by Gasteiger charge is -2.42. The molecule has 0 fully saturated rings. The van der Waals surface area contributed by atoms with E-state index in [0.29, 0.717) is 22.4 Å². The van der Waals surface area contributed by atoms with Crippen molar-refractivity contribution in [1.29, 1.82) is 0 Å². The molecule has 3 nitrogen and oxygen atoms in total. The fraction of sp³-hybridized carbons (Fsp3) is 0.562. The Morgan fingerprint density at radius 3 is 1.86 bits per heavy atom. The number of hydrogen-bond acceptors (Lipinski definition) is 2. The average molecular weight is 363 g/mol. The largest absolute Gasteiger partial charge is 0.542 e. The molecule has 1 N–H and O–H groups in total. The van der Waals surface area contributed by atoms with Crippen LogP contribution in [0.15, 0.2) is 12.1 Å². The van der Waals surface area contributed by atoms with Crippen molar-refractivity contribution in [2.45, 2.75) is 58.2 Å². The van der Waals surface area contributed by atoms with E-state index >= 15 is 0 Å². The highest BCUT2D eigenvalue weighted by atomic mass is 35.5. The van der Waals surface area contributed by atoms with Gasteiger partial charge in [0, 0.05) is 0 Å². The molecule has 0 saturated carbocycles. The van der Waals surface area contributed by atoms with Gasteiger partial charge in [-0.15, -0.1) is 0 Å². The molecule has 0 saturated heterocycles. The second-order valence-electron chi connectivity index (χ2n) is 6.46. The van der Waals surface area contributed by atoms with Crippen molar-refractivity contribution in [2.75, 3.05) is 0 Å². The molecule has 0 bridgehead atoms. The smallest absolute Gasteiger partial charge is 0.338 e. The number of rotatable bonds is 6. The SMILES string of the molecule is CC(C)[Si](Oc1ccc(Cl)c(C(=O)O)c1Cl)(C(C)C)C(C)C. The lowest BCUT2D eigenvalue weighted by molar-refractivity contribution is 0.0697. The van der Waals surface area contributed by atoms with Crippen molar-refractivity contribution in [2.24, 2.45) is 0 Å². The minimum absolute atomic E-state index is 0.0822. The van der Waals surface area contributed by atoms with E-state index in [1.165, 1.54) is 6.07 Å². The molecule has 0 aliphatic heterocycles. The zero-order valence-corrected chi connectivity index (χ0v) is 16.4. The van der Waals surface area contributed by atoms with Gasteiger partial charge in [0.1, 0.15) is 11.3 Å². The van der Waals surface area contributed by atoms with E-state index in [4.69, 9.17) is 27.6 Å². The summed E-state index contributed by atoms with van der Waals surface area (Å²) in [6.45, 7) is 13.0. The topological polar surface area (TPSA) is 46.5 Å². The molecule has 0 aliphatic carbocycles. The summed E-state index contributed by atoms with van der Waals surface area (Å²) in [5.41, 5.74) is 1.01. The van der Waals surface area contributed by atoms with Crippen molar-refractivity contribution in [1.82, 2.24) is 0 Å². The zero-order chi connectivity index (χ0) is 17.2. The van der Waals surface area contributed by atoms with Gasteiger partial charge >= 0.3 is 5.97 Å². The standard InChI is InChI=1S/C16H24Cl2O3Si/c1-9(2)22(10(3)4,11(5)6)21-13-8-7-12(17)14(15(13)18)16(19)20/h7-11H,1-6H3,(H,19,20). The number of hydrogen-bond donors (Lipinski definition) is 1. The highest BCUT2D eigenvalue weighted by molar-refractivity contribution is 6.78. The summed E-state index contributed by atoms with van der Waals surface area (Å²) in [4.78, 5) is 11.3. The van der Waals surface area contributed by atoms with Gasteiger partial charge in [-0.3, -0.25) is 0 Å². The normalized spacial score (nSPS) is 12.3. The van der Waals surface area contributed by atoms with E-state index in [9.17, 15) is 9.90 Å². The number of carboxylic acid groups (broad SMARTS) is 1. The molecule has 1 rings (SSSR count). The number of aromatic carboxylic acids is 1. The molecule has 0 atom stereocenters. The number of carboxylic acids is 1. The van der Waals surface area contributed by atoms with Crippen LogP contribution in [0, 0.1) is 0 Å². The van der Waals surface area contributed by atoms with Crippen molar-refractivity contribution >= 4 is 37.5 Å². The van der Waals surface area contributed by atoms with Gasteiger partial charge in [0.15, 0.2) is 0 Å². The van der Waals surface area contributed by atoms with Gasteiger partial charge in [-0.2, -0.15) is 0 Å².